The Balaban J connectivity index is 1.30. The molecule has 3 atom stereocenters. The zero-order chi connectivity index (χ0) is 24.1. The number of aliphatic carboxylic acids is 1. The van der Waals surface area contributed by atoms with Crippen LogP contribution in [0.3, 0.4) is 0 Å². The highest BCUT2D eigenvalue weighted by molar-refractivity contribution is 5.85. The molecule has 0 bridgehead atoms. The SMILES string of the molecule is O=C(NC[C@@H]1CCC[C@@H]1C(=O)N[C@@H](CCO)C(=O)O)OCC1c2ccccc2-c2ccccc21. The van der Waals surface area contributed by atoms with Crippen LogP contribution in [0, 0.1) is 11.8 Å². The second-order valence-electron chi connectivity index (χ2n) is 8.92. The number of alkyl carbamates (subject to hydrolysis) is 1. The molecule has 0 unspecified atom stereocenters. The Morgan fingerprint density at radius 1 is 1.00 bits per heavy atom. The summed E-state index contributed by atoms with van der Waals surface area (Å²) in [5, 5.41) is 23.5. The van der Waals surface area contributed by atoms with Gasteiger partial charge >= 0.3 is 12.1 Å². The molecule has 2 amide bonds. The highest BCUT2D eigenvalue weighted by Crippen LogP contribution is 2.44. The molecular formula is C26H30N2O6. The Bertz CT molecular complexity index is 1010. The maximum absolute atomic E-state index is 12.6. The largest absolute Gasteiger partial charge is 0.480 e. The third-order valence-electron chi connectivity index (χ3n) is 6.88. The molecule has 1 fully saturated rings. The first-order valence-electron chi connectivity index (χ1n) is 11.7. The van der Waals surface area contributed by atoms with E-state index in [-0.39, 0.29) is 49.8 Å². The summed E-state index contributed by atoms with van der Waals surface area (Å²) in [5.41, 5.74) is 4.60. The molecule has 0 radical (unpaired) electrons. The minimum atomic E-state index is -1.17. The van der Waals surface area contributed by atoms with Crippen LogP contribution in [0.1, 0.15) is 42.7 Å². The number of rotatable bonds is 9. The maximum atomic E-state index is 12.6. The topological polar surface area (TPSA) is 125 Å². The van der Waals surface area contributed by atoms with Crippen LogP contribution in [0.4, 0.5) is 4.79 Å². The van der Waals surface area contributed by atoms with Crippen molar-refractivity contribution >= 4 is 18.0 Å². The van der Waals surface area contributed by atoms with Crippen LogP contribution >= 0.6 is 0 Å². The number of hydrogen-bond donors (Lipinski definition) is 4. The number of carbonyl (C=O) groups is 3. The number of ether oxygens (including phenoxy) is 1. The second kappa shape index (κ2) is 10.7. The molecule has 2 aliphatic rings. The summed E-state index contributed by atoms with van der Waals surface area (Å²) < 4.78 is 5.57. The zero-order valence-corrected chi connectivity index (χ0v) is 18.9. The van der Waals surface area contributed by atoms with Gasteiger partial charge in [-0.05, 0) is 41.0 Å². The van der Waals surface area contributed by atoms with Crippen molar-refractivity contribution in [1.82, 2.24) is 10.6 Å². The molecular weight excluding hydrogens is 436 g/mol. The molecule has 0 aliphatic heterocycles. The van der Waals surface area contributed by atoms with E-state index < -0.39 is 18.1 Å². The number of carbonyl (C=O) groups excluding carboxylic acids is 2. The molecule has 8 heteroatoms. The van der Waals surface area contributed by atoms with Crippen molar-refractivity contribution in [3.05, 3.63) is 59.7 Å². The maximum Gasteiger partial charge on any atom is 0.407 e. The monoisotopic (exact) mass is 466 g/mol. The third-order valence-corrected chi connectivity index (χ3v) is 6.88. The molecule has 4 N–H and O–H groups in total. The highest BCUT2D eigenvalue weighted by Gasteiger charge is 2.35. The molecule has 2 aliphatic carbocycles. The van der Waals surface area contributed by atoms with Crippen molar-refractivity contribution in [2.24, 2.45) is 11.8 Å². The Kier molecular flexibility index (Phi) is 7.47. The molecule has 4 rings (SSSR count). The van der Waals surface area contributed by atoms with Crippen LogP contribution in [0.5, 0.6) is 0 Å². The fraction of sp³-hybridized carbons (Fsp3) is 0.423. The van der Waals surface area contributed by atoms with Crippen molar-refractivity contribution in [3.63, 3.8) is 0 Å². The van der Waals surface area contributed by atoms with Crippen molar-refractivity contribution < 1.29 is 29.3 Å². The molecule has 180 valence electrons. The van der Waals surface area contributed by atoms with Gasteiger partial charge in [-0.3, -0.25) is 4.79 Å². The van der Waals surface area contributed by atoms with E-state index in [0.717, 1.165) is 35.1 Å². The van der Waals surface area contributed by atoms with Gasteiger partial charge in [0.15, 0.2) is 0 Å². The minimum Gasteiger partial charge on any atom is -0.480 e. The zero-order valence-electron chi connectivity index (χ0n) is 18.9. The number of benzene rings is 2. The van der Waals surface area contributed by atoms with Crippen molar-refractivity contribution in [3.8, 4) is 11.1 Å². The summed E-state index contributed by atoms with van der Waals surface area (Å²) >= 11 is 0. The fourth-order valence-corrected chi connectivity index (χ4v) is 5.16. The predicted molar refractivity (Wildman–Crippen MR) is 125 cm³/mol. The Labute approximate surface area is 198 Å². The lowest BCUT2D eigenvalue weighted by atomic mass is 9.94. The van der Waals surface area contributed by atoms with Crippen LogP contribution in [0.2, 0.25) is 0 Å². The summed E-state index contributed by atoms with van der Waals surface area (Å²) in [6.45, 7) is 0.178. The highest BCUT2D eigenvalue weighted by atomic mass is 16.5. The summed E-state index contributed by atoms with van der Waals surface area (Å²) in [6, 6.07) is 15.1. The average Bonchev–Trinajstić information content (AvgIpc) is 3.44. The number of aliphatic hydroxyl groups excluding tert-OH is 1. The van der Waals surface area contributed by atoms with Gasteiger partial charge in [-0.2, -0.15) is 0 Å². The van der Waals surface area contributed by atoms with Gasteiger partial charge in [-0.1, -0.05) is 55.0 Å². The molecule has 2 aromatic carbocycles. The number of aliphatic hydroxyl groups is 1. The quantitative estimate of drug-likeness (QED) is 0.450. The van der Waals surface area contributed by atoms with Crippen molar-refractivity contribution in [2.45, 2.75) is 37.6 Å². The van der Waals surface area contributed by atoms with E-state index in [1.807, 2.05) is 24.3 Å². The summed E-state index contributed by atoms with van der Waals surface area (Å²) in [6.07, 6.45) is 1.65. The van der Waals surface area contributed by atoms with Gasteiger partial charge in [0.1, 0.15) is 12.6 Å². The molecule has 1 saturated carbocycles. The van der Waals surface area contributed by atoms with Crippen molar-refractivity contribution in [1.29, 1.82) is 0 Å². The Hall–Kier alpha value is -3.39. The van der Waals surface area contributed by atoms with Gasteiger partial charge in [0.2, 0.25) is 5.91 Å². The third kappa shape index (κ3) is 5.07. The van der Waals surface area contributed by atoms with E-state index in [4.69, 9.17) is 9.84 Å². The first-order chi connectivity index (χ1) is 16.5. The summed E-state index contributed by atoms with van der Waals surface area (Å²) in [5.74, 6) is -2.02. The summed E-state index contributed by atoms with van der Waals surface area (Å²) in [7, 11) is 0. The van der Waals surface area contributed by atoms with E-state index in [2.05, 4.69) is 34.9 Å². The van der Waals surface area contributed by atoms with E-state index >= 15 is 0 Å². The standard InChI is InChI=1S/C26H30N2O6/c29-13-12-23(25(31)32)28-24(30)17-11-5-6-16(17)14-27-26(33)34-15-22-20-9-3-1-7-18(20)19-8-2-4-10-21(19)22/h1-4,7-10,16-17,22-23,29H,5-6,11-15H2,(H,27,33)(H,28,30)(H,31,32)/t16-,17-,23-/m0/s1. The average molecular weight is 467 g/mol. The lowest BCUT2D eigenvalue weighted by molar-refractivity contribution is -0.143. The molecule has 34 heavy (non-hydrogen) atoms. The molecule has 0 spiro atoms. The van der Waals surface area contributed by atoms with E-state index in [1.165, 1.54) is 0 Å². The van der Waals surface area contributed by atoms with Crippen LogP contribution in [0.15, 0.2) is 48.5 Å². The lowest BCUT2D eigenvalue weighted by Gasteiger charge is -2.22. The number of amides is 2. The number of carboxylic acid groups (broad SMARTS) is 1. The number of nitrogens with one attached hydrogen (secondary N) is 2. The minimum absolute atomic E-state index is 0.0253. The second-order valence-corrected chi connectivity index (χ2v) is 8.92. The Morgan fingerprint density at radius 2 is 1.65 bits per heavy atom. The van der Waals surface area contributed by atoms with Crippen LogP contribution in [0.25, 0.3) is 11.1 Å². The number of hydrogen-bond acceptors (Lipinski definition) is 5. The van der Waals surface area contributed by atoms with Crippen LogP contribution in [-0.4, -0.2) is 54.0 Å². The number of carboxylic acids is 1. The molecule has 2 aromatic rings. The van der Waals surface area contributed by atoms with Gasteiger partial charge in [0, 0.05) is 31.4 Å². The van der Waals surface area contributed by atoms with Gasteiger partial charge in [0.05, 0.1) is 0 Å². The van der Waals surface area contributed by atoms with Gasteiger partial charge in [-0.25, -0.2) is 9.59 Å². The Morgan fingerprint density at radius 3 is 2.26 bits per heavy atom. The van der Waals surface area contributed by atoms with Gasteiger partial charge in [0.25, 0.3) is 0 Å². The molecule has 0 heterocycles. The smallest absolute Gasteiger partial charge is 0.407 e. The van der Waals surface area contributed by atoms with Gasteiger partial charge < -0.3 is 25.6 Å². The van der Waals surface area contributed by atoms with E-state index in [0.29, 0.717) is 6.42 Å². The van der Waals surface area contributed by atoms with Crippen molar-refractivity contribution in [2.75, 3.05) is 19.8 Å². The number of fused-ring (bicyclic) bond motifs is 3. The van der Waals surface area contributed by atoms with Crippen LogP contribution < -0.4 is 10.6 Å². The fourth-order valence-electron chi connectivity index (χ4n) is 5.16. The van der Waals surface area contributed by atoms with Gasteiger partial charge in [-0.15, -0.1) is 0 Å². The van der Waals surface area contributed by atoms with Crippen LogP contribution in [-0.2, 0) is 14.3 Å². The van der Waals surface area contributed by atoms with E-state index in [1.54, 1.807) is 0 Å². The van der Waals surface area contributed by atoms with E-state index in [9.17, 15) is 19.5 Å². The summed E-state index contributed by atoms with van der Waals surface area (Å²) in [4.78, 5) is 36.4. The molecule has 0 aromatic heterocycles. The molecule has 0 saturated heterocycles. The molecule has 8 nitrogen and oxygen atoms in total. The predicted octanol–water partition coefficient (Wildman–Crippen LogP) is 2.89. The first-order valence-corrected chi connectivity index (χ1v) is 11.7. The normalized spacial score (nSPS) is 19.7. The lowest BCUT2D eigenvalue weighted by Crippen LogP contribution is -2.46. The first kappa shape index (κ1) is 23.8.